The molecule has 0 unspecified atom stereocenters. The number of benzene rings is 1. The summed E-state index contributed by atoms with van der Waals surface area (Å²) in [5.41, 5.74) is 1.60. The zero-order valence-corrected chi connectivity index (χ0v) is 22.1. The van der Waals surface area contributed by atoms with Crippen molar-refractivity contribution in [2.75, 3.05) is 7.11 Å². The maximum atomic E-state index is 12.5. The number of carbonyl (C=O) groups excluding carboxylic acids is 1. The molecule has 8 nitrogen and oxygen atoms in total. The molecule has 2 aliphatic rings. The second kappa shape index (κ2) is 10.5. The standard InChI is InChI=1S/C28H38N2O6/c1-27(2,3)36-26(31)30-24-13-12-19(34-25(24)15-21-17-33-28(4,5)35-21)11-10-18-8-7-9-23-22(18)14-20(32-6)16-29-23/h7-9,14,16-17,19,24-25H,10-13,15H2,1-6H3,(H,30,31)/t19-,24-,25-/m1/s1. The number of hydrogen-bond donors (Lipinski definition) is 1. The summed E-state index contributed by atoms with van der Waals surface area (Å²) in [6.45, 7) is 9.29. The third-order valence-electron chi connectivity index (χ3n) is 6.33. The quantitative estimate of drug-likeness (QED) is 0.529. The molecule has 4 rings (SSSR count). The Balaban J connectivity index is 1.43. The minimum Gasteiger partial charge on any atom is -0.495 e. The van der Waals surface area contributed by atoms with Gasteiger partial charge in [0.25, 0.3) is 0 Å². The first-order valence-electron chi connectivity index (χ1n) is 12.6. The molecule has 3 heterocycles. The van der Waals surface area contributed by atoms with Crippen LogP contribution in [0.3, 0.4) is 0 Å². The number of rotatable bonds is 7. The molecule has 1 aromatic heterocycles. The summed E-state index contributed by atoms with van der Waals surface area (Å²) in [7, 11) is 1.65. The van der Waals surface area contributed by atoms with Crippen LogP contribution in [0.1, 0.15) is 65.9 Å². The van der Waals surface area contributed by atoms with Gasteiger partial charge < -0.3 is 29.0 Å². The molecule has 1 N–H and O–H groups in total. The summed E-state index contributed by atoms with van der Waals surface area (Å²) in [6, 6.07) is 8.03. The molecule has 196 valence electrons. The van der Waals surface area contributed by atoms with Gasteiger partial charge in [0.15, 0.2) is 0 Å². The molecule has 1 aromatic carbocycles. The average molecular weight is 499 g/mol. The van der Waals surface area contributed by atoms with E-state index in [0.717, 1.165) is 42.3 Å². The minimum absolute atomic E-state index is 0.0523. The number of carbonyl (C=O) groups is 1. The van der Waals surface area contributed by atoms with Gasteiger partial charge in [-0.2, -0.15) is 0 Å². The lowest BCUT2D eigenvalue weighted by atomic mass is 9.92. The van der Waals surface area contributed by atoms with Crippen LogP contribution in [0.2, 0.25) is 0 Å². The number of ether oxygens (including phenoxy) is 5. The van der Waals surface area contributed by atoms with Crippen molar-refractivity contribution in [1.82, 2.24) is 10.3 Å². The van der Waals surface area contributed by atoms with Crippen LogP contribution in [0.5, 0.6) is 5.75 Å². The van der Waals surface area contributed by atoms with Gasteiger partial charge in [-0.1, -0.05) is 12.1 Å². The van der Waals surface area contributed by atoms with E-state index in [2.05, 4.69) is 16.4 Å². The summed E-state index contributed by atoms with van der Waals surface area (Å²) in [5, 5.41) is 4.11. The number of nitrogens with zero attached hydrogens (tertiary/aromatic N) is 1. The molecule has 2 aromatic rings. The van der Waals surface area contributed by atoms with Crippen molar-refractivity contribution in [1.29, 1.82) is 0 Å². The molecule has 0 spiro atoms. The van der Waals surface area contributed by atoms with E-state index in [9.17, 15) is 4.79 Å². The van der Waals surface area contributed by atoms with Crippen LogP contribution in [0.25, 0.3) is 10.9 Å². The van der Waals surface area contributed by atoms with Crippen molar-refractivity contribution >= 4 is 17.0 Å². The van der Waals surface area contributed by atoms with E-state index in [4.69, 9.17) is 23.7 Å². The molecule has 3 atom stereocenters. The van der Waals surface area contributed by atoms with Crippen LogP contribution >= 0.6 is 0 Å². The summed E-state index contributed by atoms with van der Waals surface area (Å²) in [4.78, 5) is 17.0. The molecule has 2 aliphatic heterocycles. The largest absolute Gasteiger partial charge is 0.495 e. The lowest BCUT2D eigenvalue weighted by Crippen LogP contribution is -2.50. The number of hydrogen-bond acceptors (Lipinski definition) is 7. The molecule has 0 radical (unpaired) electrons. The van der Waals surface area contributed by atoms with Gasteiger partial charge in [-0.15, -0.1) is 0 Å². The average Bonchev–Trinajstić information content (AvgIpc) is 3.15. The Kier molecular flexibility index (Phi) is 7.64. The van der Waals surface area contributed by atoms with E-state index >= 15 is 0 Å². The van der Waals surface area contributed by atoms with Crippen molar-refractivity contribution in [2.45, 2.75) is 96.4 Å². The number of fused-ring (bicyclic) bond motifs is 1. The van der Waals surface area contributed by atoms with Crippen LogP contribution in [-0.4, -0.2) is 47.8 Å². The summed E-state index contributed by atoms with van der Waals surface area (Å²) in [5.74, 6) is 0.768. The van der Waals surface area contributed by atoms with Gasteiger partial charge in [0.05, 0.1) is 37.1 Å². The van der Waals surface area contributed by atoms with Crippen LogP contribution in [0.4, 0.5) is 4.79 Å². The Bertz CT molecular complexity index is 1110. The third-order valence-corrected chi connectivity index (χ3v) is 6.33. The molecule has 0 aliphatic carbocycles. The predicted octanol–water partition coefficient (Wildman–Crippen LogP) is 5.63. The molecule has 1 fully saturated rings. The van der Waals surface area contributed by atoms with Crippen molar-refractivity contribution in [2.24, 2.45) is 0 Å². The second-order valence-electron chi connectivity index (χ2n) is 10.9. The highest BCUT2D eigenvalue weighted by Gasteiger charge is 2.37. The van der Waals surface area contributed by atoms with Crippen LogP contribution < -0.4 is 10.1 Å². The van der Waals surface area contributed by atoms with E-state index in [-0.39, 0.29) is 18.2 Å². The lowest BCUT2D eigenvalue weighted by Gasteiger charge is -2.37. The number of amides is 1. The fraction of sp³-hybridized carbons (Fsp3) is 0.571. The Hall–Kier alpha value is -3.00. The summed E-state index contributed by atoms with van der Waals surface area (Å²) >= 11 is 0. The molecule has 1 amide bonds. The number of alkyl carbamates (subject to hydrolysis) is 1. The Morgan fingerprint density at radius 3 is 2.75 bits per heavy atom. The maximum Gasteiger partial charge on any atom is 0.407 e. The molecule has 0 saturated carbocycles. The normalized spacial score (nSPS) is 23.4. The lowest BCUT2D eigenvalue weighted by molar-refractivity contribution is -0.125. The van der Waals surface area contributed by atoms with Gasteiger partial charge in [0.2, 0.25) is 5.79 Å². The van der Waals surface area contributed by atoms with Crippen molar-refractivity contribution < 1.29 is 28.5 Å². The minimum atomic E-state index is -0.694. The first kappa shape index (κ1) is 26.1. The first-order valence-corrected chi connectivity index (χ1v) is 12.6. The number of methoxy groups -OCH3 is 1. The zero-order valence-electron chi connectivity index (χ0n) is 22.1. The van der Waals surface area contributed by atoms with E-state index < -0.39 is 17.5 Å². The number of nitrogens with one attached hydrogen (secondary N) is 1. The SMILES string of the molecule is COc1cnc2cccc(CC[C@@H]3CC[C@@H](NC(=O)OC(C)(C)C)[C@@H](CC4=COC(C)(C)O4)O3)c2c1. The van der Waals surface area contributed by atoms with Crippen LogP contribution in [0, 0.1) is 0 Å². The zero-order chi connectivity index (χ0) is 25.9. The predicted molar refractivity (Wildman–Crippen MR) is 137 cm³/mol. The van der Waals surface area contributed by atoms with Crippen molar-refractivity contribution in [3.05, 3.63) is 48.0 Å². The monoisotopic (exact) mass is 498 g/mol. The smallest absolute Gasteiger partial charge is 0.407 e. The Morgan fingerprint density at radius 1 is 1.25 bits per heavy atom. The number of aryl methyl sites for hydroxylation is 1. The number of aromatic nitrogens is 1. The van der Waals surface area contributed by atoms with E-state index in [1.807, 2.05) is 52.8 Å². The fourth-order valence-corrected chi connectivity index (χ4v) is 4.69. The first-order chi connectivity index (χ1) is 17.0. The van der Waals surface area contributed by atoms with Gasteiger partial charge in [0, 0.05) is 25.7 Å². The van der Waals surface area contributed by atoms with Gasteiger partial charge in [0.1, 0.15) is 23.4 Å². The Labute approximate surface area is 213 Å². The summed E-state index contributed by atoms with van der Waals surface area (Å²) < 4.78 is 28.9. The summed E-state index contributed by atoms with van der Waals surface area (Å²) in [6.07, 6.45) is 6.59. The molecule has 0 bridgehead atoms. The molecule has 1 saturated heterocycles. The van der Waals surface area contributed by atoms with Gasteiger partial charge in [-0.3, -0.25) is 4.98 Å². The maximum absolute atomic E-state index is 12.5. The van der Waals surface area contributed by atoms with Crippen LogP contribution in [0.15, 0.2) is 42.5 Å². The number of pyridine rings is 1. The van der Waals surface area contributed by atoms with Crippen molar-refractivity contribution in [3.63, 3.8) is 0 Å². The Morgan fingerprint density at radius 2 is 2.06 bits per heavy atom. The molecule has 36 heavy (non-hydrogen) atoms. The van der Waals surface area contributed by atoms with Gasteiger partial charge >= 0.3 is 6.09 Å². The van der Waals surface area contributed by atoms with Gasteiger partial charge in [-0.25, -0.2) is 4.79 Å². The van der Waals surface area contributed by atoms with E-state index in [1.165, 1.54) is 5.56 Å². The highest BCUT2D eigenvalue weighted by Crippen LogP contribution is 2.33. The van der Waals surface area contributed by atoms with E-state index in [1.54, 1.807) is 19.6 Å². The molecule has 8 heteroatoms. The second-order valence-corrected chi connectivity index (χ2v) is 10.9. The van der Waals surface area contributed by atoms with E-state index in [0.29, 0.717) is 12.2 Å². The fourth-order valence-electron chi connectivity index (χ4n) is 4.69. The topological polar surface area (TPSA) is 88.1 Å². The highest BCUT2D eigenvalue weighted by atomic mass is 16.7. The van der Waals surface area contributed by atoms with Crippen molar-refractivity contribution in [3.8, 4) is 5.75 Å². The molecular weight excluding hydrogens is 460 g/mol. The van der Waals surface area contributed by atoms with Gasteiger partial charge in [-0.05, 0) is 64.2 Å². The third kappa shape index (κ3) is 6.81. The molecular formula is C28H38N2O6. The van der Waals surface area contributed by atoms with Crippen LogP contribution in [-0.2, 0) is 25.4 Å². The highest BCUT2D eigenvalue weighted by molar-refractivity contribution is 5.83.